The SMILES string of the molecule is CCC(=O)N[C@@H](Cc1ccc2ccccc2c1)C(=O)N[C@H](C(=O)C[C@@H](CCCCN)C(=O)N[C@@H](c1ccccc1)c1cn(CCN)nn1)C1CCCC1. The summed E-state index contributed by atoms with van der Waals surface area (Å²) in [6, 6.07) is 21.3. The average Bonchev–Trinajstić information content (AvgIpc) is 3.89. The molecule has 4 atom stereocenters. The Morgan fingerprint density at radius 2 is 1.58 bits per heavy atom. The summed E-state index contributed by atoms with van der Waals surface area (Å²) in [5.74, 6) is -1.83. The zero-order valence-electron chi connectivity index (χ0n) is 30.7. The van der Waals surface area contributed by atoms with Crippen molar-refractivity contribution in [2.45, 2.75) is 95.8 Å². The van der Waals surface area contributed by atoms with E-state index in [1.807, 2.05) is 72.8 Å². The van der Waals surface area contributed by atoms with Crippen LogP contribution < -0.4 is 27.4 Å². The highest BCUT2D eigenvalue weighted by atomic mass is 16.2. The lowest BCUT2D eigenvalue weighted by molar-refractivity contribution is -0.134. The van der Waals surface area contributed by atoms with Gasteiger partial charge in [0.1, 0.15) is 11.7 Å². The van der Waals surface area contributed by atoms with E-state index in [0.717, 1.165) is 47.6 Å². The monoisotopic (exact) mass is 722 g/mol. The van der Waals surface area contributed by atoms with Crippen molar-refractivity contribution in [3.05, 3.63) is 95.8 Å². The van der Waals surface area contributed by atoms with E-state index < -0.39 is 30.0 Å². The summed E-state index contributed by atoms with van der Waals surface area (Å²) in [5, 5.41) is 19.8. The number of nitrogens with two attached hydrogens (primary N) is 2. The van der Waals surface area contributed by atoms with Gasteiger partial charge in [0, 0.05) is 31.7 Å². The predicted molar refractivity (Wildman–Crippen MR) is 205 cm³/mol. The number of carbonyl (C=O) groups is 4. The Balaban J connectivity index is 1.36. The summed E-state index contributed by atoms with van der Waals surface area (Å²) in [5.41, 5.74) is 13.8. The lowest BCUT2D eigenvalue weighted by atomic mass is 9.86. The van der Waals surface area contributed by atoms with Gasteiger partial charge in [-0.05, 0) is 60.0 Å². The Bertz CT molecular complexity index is 1810. The van der Waals surface area contributed by atoms with Crippen molar-refractivity contribution < 1.29 is 19.2 Å². The highest BCUT2D eigenvalue weighted by molar-refractivity contribution is 5.95. The van der Waals surface area contributed by atoms with Crippen LogP contribution in [-0.4, -0.2) is 63.7 Å². The number of nitrogens with zero attached hydrogens (tertiary/aromatic N) is 3. The third-order valence-corrected chi connectivity index (χ3v) is 10.2. The maximum Gasteiger partial charge on any atom is 0.243 e. The van der Waals surface area contributed by atoms with E-state index in [0.29, 0.717) is 44.6 Å². The molecule has 0 unspecified atom stereocenters. The molecule has 53 heavy (non-hydrogen) atoms. The molecule has 0 spiro atoms. The van der Waals surface area contributed by atoms with Gasteiger partial charge >= 0.3 is 0 Å². The van der Waals surface area contributed by atoms with Crippen LogP contribution in [0.3, 0.4) is 0 Å². The molecule has 1 fully saturated rings. The molecule has 0 saturated heterocycles. The van der Waals surface area contributed by atoms with Crippen LogP contribution in [0.15, 0.2) is 79.0 Å². The summed E-state index contributed by atoms with van der Waals surface area (Å²) >= 11 is 0. The largest absolute Gasteiger partial charge is 0.344 e. The van der Waals surface area contributed by atoms with Crippen molar-refractivity contribution in [2.24, 2.45) is 23.3 Å². The van der Waals surface area contributed by atoms with Gasteiger partial charge in [0.25, 0.3) is 0 Å². The molecule has 5 rings (SSSR count). The zero-order chi connectivity index (χ0) is 37.6. The van der Waals surface area contributed by atoms with E-state index >= 15 is 0 Å². The summed E-state index contributed by atoms with van der Waals surface area (Å²) in [6.07, 6.45) is 7.58. The van der Waals surface area contributed by atoms with E-state index in [4.69, 9.17) is 11.5 Å². The van der Waals surface area contributed by atoms with Crippen molar-refractivity contribution in [1.82, 2.24) is 30.9 Å². The quantitative estimate of drug-likeness (QED) is 0.0844. The Morgan fingerprint density at radius 1 is 0.849 bits per heavy atom. The van der Waals surface area contributed by atoms with Crippen molar-refractivity contribution in [3.8, 4) is 0 Å². The first kappa shape index (κ1) is 39.3. The number of rotatable bonds is 20. The number of hydrogen-bond acceptors (Lipinski definition) is 8. The highest BCUT2D eigenvalue weighted by Crippen LogP contribution is 2.30. The molecule has 0 aliphatic heterocycles. The second-order valence-electron chi connectivity index (χ2n) is 14.1. The molecule has 3 aromatic carbocycles. The van der Waals surface area contributed by atoms with Crippen LogP contribution in [0.4, 0.5) is 0 Å². The number of Topliss-reactive ketones (excluding diaryl/α,β-unsaturated/α-hetero) is 1. The van der Waals surface area contributed by atoms with Crippen molar-refractivity contribution in [3.63, 3.8) is 0 Å². The fraction of sp³-hybridized carbons (Fsp3) is 0.463. The van der Waals surface area contributed by atoms with Gasteiger partial charge in [-0.1, -0.05) is 104 Å². The van der Waals surface area contributed by atoms with E-state index in [-0.39, 0.29) is 42.8 Å². The molecule has 12 nitrogen and oxygen atoms in total. The molecule has 1 heterocycles. The van der Waals surface area contributed by atoms with Crippen LogP contribution in [0.5, 0.6) is 0 Å². The molecular weight excluding hydrogens is 669 g/mol. The van der Waals surface area contributed by atoms with Gasteiger partial charge in [0.2, 0.25) is 17.7 Å². The molecule has 282 valence electrons. The fourth-order valence-corrected chi connectivity index (χ4v) is 7.26. The molecule has 0 bridgehead atoms. The molecule has 4 aromatic rings. The van der Waals surface area contributed by atoms with Crippen LogP contribution in [0.1, 0.15) is 87.6 Å². The number of unbranched alkanes of at least 4 members (excludes halogenated alkanes) is 1. The van der Waals surface area contributed by atoms with Gasteiger partial charge in [-0.2, -0.15) is 0 Å². The minimum atomic E-state index is -0.872. The van der Waals surface area contributed by atoms with Crippen LogP contribution >= 0.6 is 0 Å². The van der Waals surface area contributed by atoms with Crippen LogP contribution in [-0.2, 0) is 32.1 Å². The first-order valence-corrected chi connectivity index (χ1v) is 19.0. The molecule has 3 amide bonds. The number of carbonyl (C=O) groups excluding carboxylic acids is 4. The first-order chi connectivity index (χ1) is 25.8. The second-order valence-corrected chi connectivity index (χ2v) is 14.1. The number of benzene rings is 3. The Hall–Kier alpha value is -4.94. The zero-order valence-corrected chi connectivity index (χ0v) is 30.7. The first-order valence-electron chi connectivity index (χ1n) is 19.0. The smallest absolute Gasteiger partial charge is 0.243 e. The fourth-order valence-electron chi connectivity index (χ4n) is 7.26. The van der Waals surface area contributed by atoms with E-state index in [1.54, 1.807) is 17.8 Å². The number of hydrogen-bond donors (Lipinski definition) is 5. The Morgan fingerprint density at radius 3 is 2.30 bits per heavy atom. The maximum atomic E-state index is 14.4. The highest BCUT2D eigenvalue weighted by Gasteiger charge is 2.36. The summed E-state index contributed by atoms with van der Waals surface area (Å²) < 4.78 is 1.64. The lowest BCUT2D eigenvalue weighted by Gasteiger charge is -2.28. The maximum absolute atomic E-state index is 14.4. The van der Waals surface area contributed by atoms with Gasteiger partial charge in [-0.3, -0.25) is 23.9 Å². The van der Waals surface area contributed by atoms with Crippen molar-refractivity contribution in [2.75, 3.05) is 13.1 Å². The minimum absolute atomic E-state index is 0.0457. The lowest BCUT2D eigenvalue weighted by Crippen LogP contribution is -2.54. The average molecular weight is 723 g/mol. The Labute approximate surface area is 311 Å². The summed E-state index contributed by atoms with van der Waals surface area (Å²) in [6.45, 7) is 3.09. The van der Waals surface area contributed by atoms with Gasteiger partial charge in [-0.25, -0.2) is 0 Å². The summed E-state index contributed by atoms with van der Waals surface area (Å²) in [7, 11) is 0. The number of amides is 3. The van der Waals surface area contributed by atoms with Gasteiger partial charge in [-0.15, -0.1) is 5.10 Å². The molecule has 1 aromatic heterocycles. The van der Waals surface area contributed by atoms with E-state index in [9.17, 15) is 19.2 Å². The van der Waals surface area contributed by atoms with Gasteiger partial charge in [0.05, 0.1) is 24.8 Å². The molecule has 0 radical (unpaired) electrons. The van der Waals surface area contributed by atoms with E-state index in [1.165, 1.54) is 0 Å². The molecular formula is C41H54N8O4. The van der Waals surface area contributed by atoms with Gasteiger partial charge < -0.3 is 27.4 Å². The molecule has 12 heteroatoms. The number of ketones is 1. The number of nitrogens with one attached hydrogen (secondary N) is 3. The standard InChI is InChI=1S/C41H54N8O4/c1-2-37(51)44-34(25-28-19-20-29-12-6-9-17-32(29)24-28)41(53)46-39(31-15-7-8-16-31)36(50)26-33(18-10-11-21-42)40(52)45-38(30-13-4-3-5-14-30)35-27-49(23-22-43)48-47-35/h3-6,9,12-14,17,19-20,24,27,31,33-34,38-39H,2,7-8,10-11,15-16,18,21-23,25-26,42-43H2,1H3,(H,44,51)(H,45,52)(H,46,53)/t33-,34+,38+,39+/m1/s1. The van der Waals surface area contributed by atoms with Crippen LogP contribution in [0.25, 0.3) is 10.8 Å². The number of aromatic nitrogens is 3. The van der Waals surface area contributed by atoms with Crippen LogP contribution in [0, 0.1) is 11.8 Å². The molecule has 1 aliphatic rings. The Kier molecular flexibility index (Phi) is 14.7. The second kappa shape index (κ2) is 19.8. The molecule has 7 N–H and O–H groups in total. The number of fused-ring (bicyclic) bond motifs is 1. The third-order valence-electron chi connectivity index (χ3n) is 10.2. The van der Waals surface area contributed by atoms with Gasteiger partial charge in [0.15, 0.2) is 5.78 Å². The van der Waals surface area contributed by atoms with Crippen molar-refractivity contribution in [1.29, 1.82) is 0 Å². The predicted octanol–water partition coefficient (Wildman–Crippen LogP) is 4.11. The van der Waals surface area contributed by atoms with E-state index in [2.05, 4.69) is 26.3 Å². The van der Waals surface area contributed by atoms with Crippen molar-refractivity contribution >= 4 is 34.3 Å². The third kappa shape index (κ3) is 11.0. The normalized spacial score (nSPS) is 15.4. The molecule has 1 aliphatic carbocycles. The topological polar surface area (TPSA) is 187 Å². The summed E-state index contributed by atoms with van der Waals surface area (Å²) in [4.78, 5) is 55.3. The minimum Gasteiger partial charge on any atom is -0.344 e. The molecule has 1 saturated carbocycles. The van der Waals surface area contributed by atoms with Crippen LogP contribution in [0.2, 0.25) is 0 Å².